The van der Waals surface area contributed by atoms with E-state index >= 15 is 0 Å². The van der Waals surface area contributed by atoms with E-state index in [1.54, 1.807) is 14.2 Å². The molecule has 0 radical (unpaired) electrons. The highest BCUT2D eigenvalue weighted by Gasteiger charge is 2.30. The molecule has 128 valence electrons. The lowest BCUT2D eigenvalue weighted by molar-refractivity contribution is 0.141. The first-order valence-corrected chi connectivity index (χ1v) is 8.68. The van der Waals surface area contributed by atoms with Crippen molar-refractivity contribution >= 4 is 0 Å². The van der Waals surface area contributed by atoms with Crippen molar-refractivity contribution < 1.29 is 9.47 Å². The summed E-state index contributed by atoms with van der Waals surface area (Å²) in [6.45, 7) is 5.64. The van der Waals surface area contributed by atoms with Gasteiger partial charge in [-0.2, -0.15) is 0 Å². The Morgan fingerprint density at radius 1 is 1.04 bits per heavy atom. The minimum Gasteiger partial charge on any atom is -0.493 e. The van der Waals surface area contributed by atoms with Gasteiger partial charge in [-0.15, -0.1) is 0 Å². The second-order valence-corrected chi connectivity index (χ2v) is 6.69. The number of hydrogen-bond donors (Lipinski definition) is 0. The summed E-state index contributed by atoms with van der Waals surface area (Å²) in [6.07, 6.45) is 2.07. The van der Waals surface area contributed by atoms with Crippen LogP contribution in [0.25, 0.3) is 0 Å². The highest BCUT2D eigenvalue weighted by molar-refractivity contribution is 5.49. The summed E-state index contributed by atoms with van der Waals surface area (Å²) in [7, 11) is 3.41. The van der Waals surface area contributed by atoms with Crippen LogP contribution in [0.5, 0.6) is 11.5 Å². The Labute approximate surface area is 145 Å². The molecule has 1 atom stereocenters. The van der Waals surface area contributed by atoms with Gasteiger partial charge in [0.2, 0.25) is 0 Å². The average Bonchev–Trinajstić information content (AvgIpc) is 2.61. The number of hydrogen-bond acceptors (Lipinski definition) is 3. The standard InChI is InChI=1S/C21H27NO2/c1-15(2)22-11-10-17-13-20(23-3)21(24-4)14-18(17)19(22)12-16-8-6-5-7-9-16/h5-9,13-15,19H,10-12H2,1-4H3. The minimum atomic E-state index is 0.371. The Morgan fingerprint density at radius 3 is 2.33 bits per heavy atom. The Hall–Kier alpha value is -2.00. The van der Waals surface area contributed by atoms with Gasteiger partial charge in [-0.1, -0.05) is 30.3 Å². The molecule has 3 rings (SSSR count). The fraction of sp³-hybridized carbons (Fsp3) is 0.429. The fourth-order valence-electron chi connectivity index (χ4n) is 3.73. The predicted molar refractivity (Wildman–Crippen MR) is 98.0 cm³/mol. The summed E-state index contributed by atoms with van der Waals surface area (Å²) in [5, 5.41) is 0. The van der Waals surface area contributed by atoms with Crippen molar-refractivity contribution in [2.24, 2.45) is 0 Å². The highest BCUT2D eigenvalue weighted by Crippen LogP contribution is 2.40. The molecule has 24 heavy (non-hydrogen) atoms. The Bertz CT molecular complexity index is 682. The molecular weight excluding hydrogens is 298 g/mol. The van der Waals surface area contributed by atoms with Gasteiger partial charge in [-0.25, -0.2) is 0 Å². The molecule has 1 heterocycles. The molecule has 1 aliphatic heterocycles. The molecule has 1 aliphatic rings. The number of fused-ring (bicyclic) bond motifs is 1. The van der Waals surface area contributed by atoms with E-state index in [2.05, 4.69) is 61.2 Å². The van der Waals surface area contributed by atoms with Crippen LogP contribution >= 0.6 is 0 Å². The van der Waals surface area contributed by atoms with Crippen molar-refractivity contribution in [3.8, 4) is 11.5 Å². The van der Waals surface area contributed by atoms with Crippen LogP contribution in [0.2, 0.25) is 0 Å². The summed E-state index contributed by atoms with van der Waals surface area (Å²) < 4.78 is 11.0. The highest BCUT2D eigenvalue weighted by atomic mass is 16.5. The zero-order valence-corrected chi connectivity index (χ0v) is 15.1. The van der Waals surface area contributed by atoms with Crippen LogP contribution in [0.4, 0.5) is 0 Å². The van der Waals surface area contributed by atoms with Gasteiger partial charge in [0.15, 0.2) is 11.5 Å². The molecule has 0 fully saturated rings. The molecular formula is C21H27NO2. The van der Waals surface area contributed by atoms with E-state index in [4.69, 9.17) is 9.47 Å². The molecule has 1 unspecified atom stereocenters. The maximum absolute atomic E-state index is 5.55. The molecule has 3 nitrogen and oxygen atoms in total. The van der Waals surface area contributed by atoms with E-state index in [9.17, 15) is 0 Å². The number of methoxy groups -OCH3 is 2. The van der Waals surface area contributed by atoms with Gasteiger partial charge >= 0.3 is 0 Å². The first-order chi connectivity index (χ1) is 11.6. The smallest absolute Gasteiger partial charge is 0.161 e. The lowest BCUT2D eigenvalue weighted by Crippen LogP contribution is -2.41. The monoisotopic (exact) mass is 325 g/mol. The van der Waals surface area contributed by atoms with Crippen molar-refractivity contribution in [2.45, 2.75) is 38.8 Å². The van der Waals surface area contributed by atoms with Crippen molar-refractivity contribution in [3.63, 3.8) is 0 Å². The lowest BCUT2D eigenvalue weighted by atomic mass is 9.87. The van der Waals surface area contributed by atoms with Crippen LogP contribution in [0.1, 0.15) is 36.6 Å². The molecule has 0 aromatic heterocycles. The molecule has 0 bridgehead atoms. The van der Waals surface area contributed by atoms with E-state index in [1.807, 2.05) is 0 Å². The zero-order valence-electron chi connectivity index (χ0n) is 15.1. The second-order valence-electron chi connectivity index (χ2n) is 6.69. The SMILES string of the molecule is COc1cc2c(cc1OC)C(Cc1ccccc1)N(C(C)C)CC2. The van der Waals surface area contributed by atoms with Gasteiger partial charge < -0.3 is 9.47 Å². The lowest BCUT2D eigenvalue weighted by Gasteiger charge is -2.40. The largest absolute Gasteiger partial charge is 0.493 e. The van der Waals surface area contributed by atoms with Crippen LogP contribution < -0.4 is 9.47 Å². The van der Waals surface area contributed by atoms with Crippen LogP contribution in [0, 0.1) is 0 Å². The summed E-state index contributed by atoms with van der Waals surface area (Å²) in [6, 6.07) is 16.0. The zero-order chi connectivity index (χ0) is 17.1. The maximum Gasteiger partial charge on any atom is 0.161 e. The first kappa shape index (κ1) is 16.8. The van der Waals surface area contributed by atoms with Crippen LogP contribution in [-0.2, 0) is 12.8 Å². The van der Waals surface area contributed by atoms with Gasteiger partial charge in [-0.05, 0) is 55.5 Å². The third-order valence-corrected chi connectivity index (χ3v) is 4.98. The number of benzene rings is 2. The van der Waals surface area contributed by atoms with Gasteiger partial charge in [0.05, 0.1) is 14.2 Å². The first-order valence-electron chi connectivity index (χ1n) is 8.68. The molecule has 0 aliphatic carbocycles. The quantitative estimate of drug-likeness (QED) is 0.820. The van der Waals surface area contributed by atoms with Crippen molar-refractivity contribution in [3.05, 3.63) is 59.2 Å². The third-order valence-electron chi connectivity index (χ3n) is 4.98. The van der Waals surface area contributed by atoms with Gasteiger partial charge in [0, 0.05) is 18.6 Å². The topological polar surface area (TPSA) is 21.7 Å². The molecule has 0 saturated heterocycles. The van der Waals surface area contributed by atoms with E-state index in [1.165, 1.54) is 16.7 Å². The molecule has 0 amide bonds. The minimum absolute atomic E-state index is 0.371. The van der Waals surface area contributed by atoms with E-state index in [0.29, 0.717) is 12.1 Å². The number of ether oxygens (including phenoxy) is 2. The molecule has 0 spiro atoms. The van der Waals surface area contributed by atoms with Gasteiger partial charge in [0.25, 0.3) is 0 Å². The average molecular weight is 325 g/mol. The van der Waals surface area contributed by atoms with Crippen molar-refractivity contribution in [1.29, 1.82) is 0 Å². The van der Waals surface area contributed by atoms with Crippen LogP contribution in [-0.4, -0.2) is 31.7 Å². The Morgan fingerprint density at radius 2 is 1.71 bits per heavy atom. The summed E-state index contributed by atoms with van der Waals surface area (Å²) in [5.41, 5.74) is 4.12. The summed E-state index contributed by atoms with van der Waals surface area (Å²) in [4.78, 5) is 2.60. The van der Waals surface area contributed by atoms with Gasteiger partial charge in [0.1, 0.15) is 0 Å². The predicted octanol–water partition coefficient (Wildman–Crippen LogP) is 4.25. The fourth-order valence-corrected chi connectivity index (χ4v) is 3.73. The third kappa shape index (κ3) is 3.27. The molecule has 2 aromatic rings. The Kier molecular flexibility index (Phi) is 5.10. The van der Waals surface area contributed by atoms with E-state index in [0.717, 1.165) is 30.9 Å². The van der Waals surface area contributed by atoms with Crippen LogP contribution in [0.3, 0.4) is 0 Å². The normalized spacial score (nSPS) is 17.6. The molecule has 0 N–H and O–H groups in total. The number of rotatable bonds is 5. The van der Waals surface area contributed by atoms with E-state index in [-0.39, 0.29) is 0 Å². The molecule has 0 saturated carbocycles. The Balaban J connectivity index is 2.03. The molecule has 2 aromatic carbocycles. The van der Waals surface area contributed by atoms with E-state index < -0.39 is 0 Å². The number of nitrogens with zero attached hydrogens (tertiary/aromatic N) is 1. The summed E-state index contributed by atoms with van der Waals surface area (Å²) >= 11 is 0. The molecule has 3 heteroatoms. The van der Waals surface area contributed by atoms with Crippen molar-refractivity contribution in [1.82, 2.24) is 4.90 Å². The maximum atomic E-state index is 5.55. The van der Waals surface area contributed by atoms with Crippen LogP contribution in [0.15, 0.2) is 42.5 Å². The summed E-state index contributed by atoms with van der Waals surface area (Å²) in [5.74, 6) is 1.65. The van der Waals surface area contributed by atoms with Crippen molar-refractivity contribution in [2.75, 3.05) is 20.8 Å². The second kappa shape index (κ2) is 7.27. The van der Waals surface area contributed by atoms with Gasteiger partial charge in [-0.3, -0.25) is 4.90 Å².